The number of allylic oxidation sites excluding steroid dienone is 1. The molecular weight excluding hydrogens is 349 g/mol. The van der Waals surface area contributed by atoms with Crippen LogP contribution >= 0.6 is 23.2 Å². The topological polar surface area (TPSA) is 68.1 Å². The maximum Gasteiger partial charge on any atom is 0.254 e. The molecule has 2 aromatic rings. The number of nitrogens with zero attached hydrogens (tertiary/aromatic N) is 2. The van der Waals surface area contributed by atoms with E-state index in [9.17, 15) is 10.1 Å². The van der Waals surface area contributed by atoms with E-state index < -0.39 is 4.92 Å². The van der Waals surface area contributed by atoms with Crippen LogP contribution in [0.5, 0.6) is 0 Å². The molecule has 0 amide bonds. The quantitative estimate of drug-likeness (QED) is 0.415. The molecule has 0 aliphatic heterocycles. The fraction of sp³-hybridized carbons (Fsp3) is 0.235. The maximum absolute atomic E-state index is 10.9. The molecule has 1 N–H and O–H groups in total. The molecule has 0 saturated heterocycles. The minimum absolute atomic E-state index is 0.255. The lowest BCUT2D eigenvalue weighted by Crippen LogP contribution is -2.10. The molecule has 1 unspecified atom stereocenters. The predicted octanol–water partition coefficient (Wildman–Crippen LogP) is 5.75. The zero-order chi connectivity index (χ0) is 18.1. The predicted molar refractivity (Wildman–Crippen MR) is 99.2 cm³/mol. The average Bonchev–Trinajstić information content (AvgIpc) is 2.56. The number of anilines is 1. The Morgan fingerprint density at radius 3 is 2.54 bits per heavy atom. The number of nitro groups is 1. The molecule has 128 valence electrons. The molecule has 2 rings (SSSR count). The molecule has 1 aromatic heterocycles. The van der Waals surface area contributed by atoms with Crippen molar-refractivity contribution in [2.24, 2.45) is 0 Å². The summed E-state index contributed by atoms with van der Waals surface area (Å²) in [6.45, 7) is 5.85. The summed E-state index contributed by atoms with van der Waals surface area (Å²) in [5, 5.41) is 14.8. The summed E-state index contributed by atoms with van der Waals surface area (Å²) in [7, 11) is 0. The van der Waals surface area contributed by atoms with E-state index in [4.69, 9.17) is 23.2 Å². The van der Waals surface area contributed by atoms with E-state index in [-0.39, 0.29) is 5.92 Å². The SMILES string of the molecule is CC.CC(/C(=C/[N+](=O)[O-])Nc1cccc(Cl)c1)c1ccc(Cl)nc1. The van der Waals surface area contributed by atoms with Crippen molar-refractivity contribution in [1.82, 2.24) is 4.98 Å². The van der Waals surface area contributed by atoms with Gasteiger partial charge in [0.25, 0.3) is 6.20 Å². The number of hydrogen-bond acceptors (Lipinski definition) is 4. The van der Waals surface area contributed by atoms with Crippen molar-refractivity contribution in [2.45, 2.75) is 26.7 Å². The highest BCUT2D eigenvalue weighted by molar-refractivity contribution is 6.30. The highest BCUT2D eigenvalue weighted by Crippen LogP contribution is 2.26. The summed E-state index contributed by atoms with van der Waals surface area (Å²) >= 11 is 11.7. The third kappa shape index (κ3) is 6.18. The van der Waals surface area contributed by atoms with Crippen LogP contribution in [0.15, 0.2) is 54.5 Å². The number of halogens is 2. The van der Waals surface area contributed by atoms with Crippen LogP contribution < -0.4 is 5.32 Å². The standard InChI is InChI=1S/C15H13Cl2N3O2.C2H6/c1-10(11-5-6-15(17)18-8-11)14(9-20(21)22)19-13-4-2-3-12(16)7-13;1-2/h2-10,19H,1H3;1-2H3/b14-9-;. The lowest BCUT2D eigenvalue weighted by Gasteiger charge is -2.16. The number of aromatic nitrogens is 1. The third-order valence-corrected chi connectivity index (χ3v) is 3.53. The Kier molecular flexibility index (Phi) is 8.22. The smallest absolute Gasteiger partial charge is 0.254 e. The Morgan fingerprint density at radius 2 is 2.00 bits per heavy atom. The zero-order valence-electron chi connectivity index (χ0n) is 13.7. The van der Waals surface area contributed by atoms with Crippen molar-refractivity contribution in [1.29, 1.82) is 0 Å². The largest absolute Gasteiger partial charge is 0.353 e. The van der Waals surface area contributed by atoms with Gasteiger partial charge in [0, 0.05) is 22.8 Å². The van der Waals surface area contributed by atoms with Crippen LogP contribution in [0.3, 0.4) is 0 Å². The summed E-state index contributed by atoms with van der Waals surface area (Å²) < 4.78 is 0. The molecule has 1 heterocycles. The van der Waals surface area contributed by atoms with Gasteiger partial charge in [-0.3, -0.25) is 10.1 Å². The van der Waals surface area contributed by atoms with Gasteiger partial charge in [0.1, 0.15) is 5.15 Å². The summed E-state index contributed by atoms with van der Waals surface area (Å²) in [4.78, 5) is 14.4. The Hall–Kier alpha value is -2.11. The van der Waals surface area contributed by atoms with Crippen molar-refractivity contribution in [2.75, 3.05) is 5.32 Å². The number of nitrogens with one attached hydrogen (secondary N) is 1. The number of hydrogen-bond donors (Lipinski definition) is 1. The van der Waals surface area contributed by atoms with Gasteiger partial charge in [-0.05, 0) is 29.8 Å². The third-order valence-electron chi connectivity index (χ3n) is 3.07. The van der Waals surface area contributed by atoms with Crippen molar-refractivity contribution in [3.63, 3.8) is 0 Å². The lowest BCUT2D eigenvalue weighted by molar-refractivity contribution is -0.403. The van der Waals surface area contributed by atoms with E-state index >= 15 is 0 Å². The van der Waals surface area contributed by atoms with E-state index in [0.717, 1.165) is 11.8 Å². The molecule has 0 bridgehead atoms. The molecule has 0 aliphatic rings. The summed E-state index contributed by atoms with van der Waals surface area (Å²) in [5.41, 5.74) is 1.91. The highest BCUT2D eigenvalue weighted by atomic mass is 35.5. The average molecular weight is 368 g/mol. The lowest BCUT2D eigenvalue weighted by atomic mass is 9.99. The first-order valence-corrected chi connectivity index (χ1v) is 8.20. The molecule has 0 fully saturated rings. The number of benzene rings is 1. The van der Waals surface area contributed by atoms with Crippen molar-refractivity contribution >= 4 is 28.9 Å². The van der Waals surface area contributed by atoms with Gasteiger partial charge in [-0.25, -0.2) is 4.98 Å². The van der Waals surface area contributed by atoms with E-state index in [2.05, 4.69) is 10.3 Å². The second kappa shape index (κ2) is 9.90. The first kappa shape index (κ1) is 19.9. The molecule has 24 heavy (non-hydrogen) atoms. The fourth-order valence-electron chi connectivity index (χ4n) is 1.92. The normalized spacial score (nSPS) is 12.0. The van der Waals surface area contributed by atoms with E-state index in [1.807, 2.05) is 20.8 Å². The second-order valence-corrected chi connectivity index (χ2v) is 5.46. The molecule has 0 saturated carbocycles. The Bertz CT molecular complexity index is 703. The maximum atomic E-state index is 10.9. The van der Waals surface area contributed by atoms with Crippen LogP contribution in [0.4, 0.5) is 5.69 Å². The molecule has 1 atom stereocenters. The van der Waals surface area contributed by atoms with Gasteiger partial charge in [0.15, 0.2) is 0 Å². The van der Waals surface area contributed by atoms with Crippen LogP contribution in [-0.2, 0) is 0 Å². The Balaban J connectivity index is 0.00000139. The number of pyridine rings is 1. The zero-order valence-corrected chi connectivity index (χ0v) is 15.2. The Labute approximate surface area is 151 Å². The van der Waals surface area contributed by atoms with Crippen molar-refractivity contribution in [3.05, 3.63) is 80.3 Å². The highest BCUT2D eigenvalue weighted by Gasteiger charge is 2.16. The minimum Gasteiger partial charge on any atom is -0.353 e. The summed E-state index contributed by atoms with van der Waals surface area (Å²) in [5.74, 6) is -0.255. The second-order valence-electron chi connectivity index (χ2n) is 4.64. The van der Waals surface area contributed by atoms with Crippen LogP contribution in [0.25, 0.3) is 0 Å². The van der Waals surface area contributed by atoms with Gasteiger partial charge < -0.3 is 5.32 Å². The summed E-state index contributed by atoms with van der Waals surface area (Å²) in [6.07, 6.45) is 2.54. The van der Waals surface area contributed by atoms with Gasteiger partial charge in [-0.1, -0.05) is 56.1 Å². The fourth-order valence-corrected chi connectivity index (χ4v) is 2.22. The van der Waals surface area contributed by atoms with Crippen molar-refractivity contribution < 1.29 is 4.92 Å². The van der Waals surface area contributed by atoms with Crippen LogP contribution in [-0.4, -0.2) is 9.91 Å². The summed E-state index contributed by atoms with van der Waals surface area (Å²) in [6, 6.07) is 10.4. The molecule has 0 radical (unpaired) electrons. The van der Waals surface area contributed by atoms with Gasteiger partial charge in [-0.2, -0.15) is 0 Å². The van der Waals surface area contributed by atoms with Gasteiger partial charge in [0.2, 0.25) is 0 Å². The van der Waals surface area contributed by atoms with Gasteiger partial charge in [-0.15, -0.1) is 0 Å². The minimum atomic E-state index is -0.493. The molecule has 1 aromatic carbocycles. The monoisotopic (exact) mass is 367 g/mol. The first-order valence-electron chi connectivity index (χ1n) is 7.45. The molecular formula is C17H19Cl2N3O2. The van der Waals surface area contributed by atoms with Crippen LogP contribution in [0.2, 0.25) is 10.2 Å². The molecule has 0 spiro atoms. The molecule has 0 aliphatic carbocycles. The van der Waals surface area contributed by atoms with E-state index in [0.29, 0.717) is 21.6 Å². The molecule has 7 heteroatoms. The van der Waals surface area contributed by atoms with Crippen molar-refractivity contribution in [3.8, 4) is 0 Å². The first-order chi connectivity index (χ1) is 11.5. The Morgan fingerprint density at radius 1 is 1.29 bits per heavy atom. The van der Waals surface area contributed by atoms with Crippen LogP contribution in [0.1, 0.15) is 32.3 Å². The van der Waals surface area contributed by atoms with E-state index in [1.165, 1.54) is 0 Å². The van der Waals surface area contributed by atoms with Crippen LogP contribution in [0, 0.1) is 10.1 Å². The van der Waals surface area contributed by atoms with E-state index in [1.54, 1.807) is 42.6 Å². The van der Waals surface area contributed by atoms with Gasteiger partial charge >= 0.3 is 0 Å². The van der Waals surface area contributed by atoms with Gasteiger partial charge in [0.05, 0.1) is 10.6 Å². The number of rotatable bonds is 5. The molecule has 5 nitrogen and oxygen atoms in total.